The predicted octanol–water partition coefficient (Wildman–Crippen LogP) is 2.98. The van der Waals surface area contributed by atoms with Crippen LogP contribution in [0.4, 0.5) is 0 Å². The highest BCUT2D eigenvalue weighted by molar-refractivity contribution is 7.11. The molecule has 1 aromatic carbocycles. The molecular formula is C14H19N3S. The zero-order valence-electron chi connectivity index (χ0n) is 10.6. The van der Waals surface area contributed by atoms with Crippen molar-refractivity contribution >= 4 is 11.3 Å². The van der Waals surface area contributed by atoms with Gasteiger partial charge in [-0.05, 0) is 31.7 Å². The van der Waals surface area contributed by atoms with Crippen LogP contribution in [-0.4, -0.2) is 4.98 Å². The largest absolute Gasteiger partial charge is 0.271 e. The molecule has 3 N–H and O–H groups in total. The van der Waals surface area contributed by atoms with Crippen molar-refractivity contribution in [3.63, 3.8) is 0 Å². The summed E-state index contributed by atoms with van der Waals surface area (Å²) >= 11 is 1.71. The van der Waals surface area contributed by atoms with Crippen LogP contribution in [0.15, 0.2) is 36.5 Å². The van der Waals surface area contributed by atoms with Crippen LogP contribution in [0.3, 0.4) is 0 Å². The number of aryl methyl sites for hydroxylation is 2. The Bertz CT molecular complexity index is 467. The Balaban J connectivity index is 1.85. The standard InChI is InChI=1S/C14H19N3S/c1-11-16-10-14(18-11)13(17-15)9-5-8-12-6-3-2-4-7-12/h2-4,6-7,10,13,17H,5,8-9,15H2,1H3. The maximum Gasteiger partial charge on any atom is 0.0897 e. The molecule has 1 heterocycles. The quantitative estimate of drug-likeness (QED) is 0.621. The summed E-state index contributed by atoms with van der Waals surface area (Å²) in [5.41, 5.74) is 4.27. The first-order valence-electron chi connectivity index (χ1n) is 6.22. The maximum atomic E-state index is 5.62. The number of nitrogens with two attached hydrogens (primary N) is 1. The monoisotopic (exact) mass is 261 g/mol. The Hall–Kier alpha value is -1.23. The molecule has 96 valence electrons. The van der Waals surface area contributed by atoms with Gasteiger partial charge in [-0.3, -0.25) is 11.3 Å². The zero-order valence-corrected chi connectivity index (χ0v) is 11.4. The van der Waals surface area contributed by atoms with Crippen molar-refractivity contribution in [2.24, 2.45) is 5.84 Å². The number of rotatable bonds is 6. The SMILES string of the molecule is Cc1ncc(C(CCCc2ccccc2)NN)s1. The Morgan fingerprint density at radius 1 is 1.33 bits per heavy atom. The van der Waals surface area contributed by atoms with E-state index in [1.165, 1.54) is 10.4 Å². The molecule has 0 amide bonds. The van der Waals surface area contributed by atoms with Gasteiger partial charge in [0.25, 0.3) is 0 Å². The van der Waals surface area contributed by atoms with E-state index in [9.17, 15) is 0 Å². The number of hydrogen-bond acceptors (Lipinski definition) is 4. The molecule has 2 aromatic rings. The van der Waals surface area contributed by atoms with Crippen LogP contribution in [0.25, 0.3) is 0 Å². The fraction of sp³-hybridized carbons (Fsp3) is 0.357. The molecule has 0 saturated heterocycles. The van der Waals surface area contributed by atoms with Crippen molar-refractivity contribution in [1.29, 1.82) is 0 Å². The fourth-order valence-corrected chi connectivity index (χ4v) is 2.88. The van der Waals surface area contributed by atoms with Crippen LogP contribution >= 0.6 is 11.3 Å². The molecule has 0 saturated carbocycles. The molecule has 0 aliphatic heterocycles. The fourth-order valence-electron chi connectivity index (χ4n) is 2.00. The Morgan fingerprint density at radius 2 is 2.11 bits per heavy atom. The normalized spacial score (nSPS) is 12.6. The molecule has 0 aliphatic carbocycles. The number of aromatic nitrogens is 1. The Kier molecular flexibility index (Phi) is 4.87. The molecule has 3 nitrogen and oxygen atoms in total. The maximum absolute atomic E-state index is 5.62. The van der Waals surface area contributed by atoms with Crippen LogP contribution in [0.5, 0.6) is 0 Å². The topological polar surface area (TPSA) is 50.9 Å². The van der Waals surface area contributed by atoms with Gasteiger partial charge in [0.05, 0.1) is 11.0 Å². The van der Waals surface area contributed by atoms with E-state index < -0.39 is 0 Å². The summed E-state index contributed by atoms with van der Waals surface area (Å²) in [6, 6.07) is 10.8. The highest BCUT2D eigenvalue weighted by atomic mass is 32.1. The Morgan fingerprint density at radius 3 is 2.72 bits per heavy atom. The van der Waals surface area contributed by atoms with Crippen molar-refractivity contribution in [1.82, 2.24) is 10.4 Å². The number of benzene rings is 1. The molecule has 1 unspecified atom stereocenters. The van der Waals surface area contributed by atoms with Crippen molar-refractivity contribution in [3.05, 3.63) is 52.0 Å². The van der Waals surface area contributed by atoms with E-state index in [4.69, 9.17) is 5.84 Å². The first kappa shape index (κ1) is 13.2. The van der Waals surface area contributed by atoms with Gasteiger partial charge in [-0.1, -0.05) is 30.3 Å². The summed E-state index contributed by atoms with van der Waals surface area (Å²) in [4.78, 5) is 5.50. The first-order valence-corrected chi connectivity index (χ1v) is 7.03. The minimum Gasteiger partial charge on any atom is -0.271 e. The molecule has 1 aromatic heterocycles. The van der Waals surface area contributed by atoms with Gasteiger partial charge in [-0.25, -0.2) is 4.98 Å². The number of hydrazine groups is 1. The summed E-state index contributed by atoms with van der Waals surface area (Å²) in [7, 11) is 0. The summed E-state index contributed by atoms with van der Waals surface area (Å²) < 4.78 is 0. The van der Waals surface area contributed by atoms with E-state index in [1.54, 1.807) is 11.3 Å². The molecule has 0 spiro atoms. The van der Waals surface area contributed by atoms with Crippen molar-refractivity contribution in [2.75, 3.05) is 0 Å². The van der Waals surface area contributed by atoms with E-state index >= 15 is 0 Å². The van der Waals surface area contributed by atoms with Gasteiger partial charge in [0.1, 0.15) is 0 Å². The zero-order chi connectivity index (χ0) is 12.8. The van der Waals surface area contributed by atoms with Crippen molar-refractivity contribution < 1.29 is 0 Å². The molecule has 2 rings (SSSR count). The van der Waals surface area contributed by atoms with Gasteiger partial charge < -0.3 is 0 Å². The van der Waals surface area contributed by atoms with Crippen LogP contribution < -0.4 is 11.3 Å². The third-order valence-electron chi connectivity index (χ3n) is 2.98. The van der Waals surface area contributed by atoms with E-state index in [1.807, 2.05) is 19.2 Å². The van der Waals surface area contributed by atoms with E-state index in [-0.39, 0.29) is 6.04 Å². The molecular weight excluding hydrogens is 242 g/mol. The average Bonchev–Trinajstić information content (AvgIpc) is 2.82. The molecule has 0 bridgehead atoms. The third-order valence-corrected chi connectivity index (χ3v) is 4.01. The van der Waals surface area contributed by atoms with Gasteiger partial charge in [-0.15, -0.1) is 11.3 Å². The summed E-state index contributed by atoms with van der Waals surface area (Å²) in [5.74, 6) is 5.62. The second-order valence-corrected chi connectivity index (χ2v) is 5.65. The molecule has 0 aliphatic rings. The molecule has 1 atom stereocenters. The lowest BCUT2D eigenvalue weighted by Crippen LogP contribution is -2.27. The predicted molar refractivity (Wildman–Crippen MR) is 76.3 cm³/mol. The van der Waals surface area contributed by atoms with E-state index in [0.717, 1.165) is 24.3 Å². The highest BCUT2D eigenvalue weighted by Gasteiger charge is 2.11. The molecule has 0 fully saturated rings. The number of nitrogens with zero attached hydrogens (tertiary/aromatic N) is 1. The summed E-state index contributed by atoms with van der Waals surface area (Å²) in [5, 5.41) is 1.09. The van der Waals surface area contributed by atoms with Gasteiger partial charge in [0, 0.05) is 11.1 Å². The third kappa shape index (κ3) is 3.63. The number of nitrogens with one attached hydrogen (secondary N) is 1. The molecule has 4 heteroatoms. The van der Waals surface area contributed by atoms with Crippen LogP contribution in [0.1, 0.15) is 34.3 Å². The second-order valence-electron chi connectivity index (χ2n) is 4.38. The summed E-state index contributed by atoms with van der Waals surface area (Å²) in [6.07, 6.45) is 5.17. The number of thiazole rings is 1. The van der Waals surface area contributed by atoms with E-state index in [0.29, 0.717) is 0 Å². The molecule has 18 heavy (non-hydrogen) atoms. The Labute approximate surface area is 112 Å². The van der Waals surface area contributed by atoms with Crippen LogP contribution in [0, 0.1) is 6.92 Å². The van der Waals surface area contributed by atoms with Gasteiger partial charge in [-0.2, -0.15) is 0 Å². The average molecular weight is 261 g/mol. The lowest BCUT2D eigenvalue weighted by molar-refractivity contribution is 0.505. The van der Waals surface area contributed by atoms with E-state index in [2.05, 4.69) is 34.7 Å². The van der Waals surface area contributed by atoms with Gasteiger partial charge in [0.2, 0.25) is 0 Å². The van der Waals surface area contributed by atoms with Crippen molar-refractivity contribution in [3.8, 4) is 0 Å². The smallest absolute Gasteiger partial charge is 0.0897 e. The highest BCUT2D eigenvalue weighted by Crippen LogP contribution is 2.24. The van der Waals surface area contributed by atoms with Gasteiger partial charge >= 0.3 is 0 Å². The lowest BCUT2D eigenvalue weighted by Gasteiger charge is -2.13. The molecule has 0 radical (unpaired) electrons. The van der Waals surface area contributed by atoms with Crippen LogP contribution in [0.2, 0.25) is 0 Å². The minimum atomic E-state index is 0.222. The van der Waals surface area contributed by atoms with Crippen molar-refractivity contribution in [2.45, 2.75) is 32.2 Å². The second kappa shape index (κ2) is 6.64. The summed E-state index contributed by atoms with van der Waals surface area (Å²) in [6.45, 7) is 2.02. The lowest BCUT2D eigenvalue weighted by atomic mass is 10.0. The first-order chi connectivity index (χ1) is 8.79. The van der Waals surface area contributed by atoms with Gasteiger partial charge in [0.15, 0.2) is 0 Å². The van der Waals surface area contributed by atoms with Crippen LogP contribution in [-0.2, 0) is 6.42 Å². The number of hydrogen-bond donors (Lipinski definition) is 2. The minimum absolute atomic E-state index is 0.222.